The van der Waals surface area contributed by atoms with Crippen LogP contribution in [0, 0.1) is 5.92 Å². The van der Waals surface area contributed by atoms with E-state index in [4.69, 9.17) is 9.47 Å². The summed E-state index contributed by atoms with van der Waals surface area (Å²) in [4.78, 5) is 11.5. The summed E-state index contributed by atoms with van der Waals surface area (Å²) in [7, 11) is 0. The van der Waals surface area contributed by atoms with Crippen molar-refractivity contribution in [1.82, 2.24) is 5.32 Å². The van der Waals surface area contributed by atoms with Crippen molar-refractivity contribution in [2.45, 2.75) is 45.0 Å². The summed E-state index contributed by atoms with van der Waals surface area (Å²) in [6.45, 7) is 4.91. The molecule has 1 aliphatic carbocycles. The van der Waals surface area contributed by atoms with Crippen molar-refractivity contribution in [2.75, 3.05) is 13.2 Å². The SMILES string of the molecule is CC1(C)OCC(CNC(=O)C2CCC2)O1. The average Bonchev–Trinajstić information content (AvgIpc) is 2.39. The molecule has 0 aromatic rings. The van der Waals surface area contributed by atoms with Gasteiger partial charge in [-0.05, 0) is 26.7 Å². The van der Waals surface area contributed by atoms with E-state index in [1.54, 1.807) is 0 Å². The number of hydrogen-bond donors (Lipinski definition) is 1. The van der Waals surface area contributed by atoms with Gasteiger partial charge in [0.25, 0.3) is 0 Å². The van der Waals surface area contributed by atoms with Crippen LogP contribution in [0.25, 0.3) is 0 Å². The van der Waals surface area contributed by atoms with Crippen LogP contribution < -0.4 is 5.32 Å². The summed E-state index contributed by atoms with van der Waals surface area (Å²) < 4.78 is 11.0. The molecule has 4 heteroatoms. The normalized spacial score (nSPS) is 29.9. The standard InChI is InChI=1S/C11H19NO3/c1-11(2)14-7-9(15-11)6-12-10(13)8-4-3-5-8/h8-9H,3-7H2,1-2H3,(H,12,13). The Labute approximate surface area is 90.3 Å². The number of nitrogens with one attached hydrogen (secondary N) is 1. The molecule has 1 aliphatic heterocycles. The Morgan fingerprint density at radius 2 is 2.20 bits per heavy atom. The highest BCUT2D eigenvalue weighted by Gasteiger charge is 2.33. The summed E-state index contributed by atoms with van der Waals surface area (Å²) in [6, 6.07) is 0. The lowest BCUT2D eigenvalue weighted by molar-refractivity contribution is -0.140. The van der Waals surface area contributed by atoms with E-state index in [0.29, 0.717) is 13.2 Å². The second kappa shape index (κ2) is 4.10. The van der Waals surface area contributed by atoms with Crippen molar-refractivity contribution < 1.29 is 14.3 Å². The van der Waals surface area contributed by atoms with Crippen LogP contribution in [0.1, 0.15) is 33.1 Å². The van der Waals surface area contributed by atoms with Gasteiger partial charge in [-0.2, -0.15) is 0 Å². The van der Waals surface area contributed by atoms with E-state index in [2.05, 4.69) is 5.32 Å². The lowest BCUT2D eigenvalue weighted by Crippen LogP contribution is -2.39. The Hall–Kier alpha value is -0.610. The third-order valence-corrected chi connectivity index (χ3v) is 3.05. The van der Waals surface area contributed by atoms with Crippen molar-refractivity contribution in [3.63, 3.8) is 0 Å². The van der Waals surface area contributed by atoms with Gasteiger partial charge in [-0.25, -0.2) is 0 Å². The van der Waals surface area contributed by atoms with Gasteiger partial charge in [0.1, 0.15) is 6.10 Å². The number of carbonyl (C=O) groups is 1. The van der Waals surface area contributed by atoms with Gasteiger partial charge in [-0.15, -0.1) is 0 Å². The van der Waals surface area contributed by atoms with E-state index in [0.717, 1.165) is 12.8 Å². The van der Waals surface area contributed by atoms with Crippen molar-refractivity contribution in [1.29, 1.82) is 0 Å². The van der Waals surface area contributed by atoms with Crippen molar-refractivity contribution in [3.05, 3.63) is 0 Å². The predicted octanol–water partition coefficient (Wildman–Crippen LogP) is 1.05. The molecule has 1 saturated heterocycles. The lowest BCUT2D eigenvalue weighted by Gasteiger charge is -2.24. The molecule has 2 fully saturated rings. The highest BCUT2D eigenvalue weighted by Crippen LogP contribution is 2.26. The molecule has 2 rings (SSSR count). The number of ether oxygens (including phenoxy) is 2. The number of amides is 1. The van der Waals surface area contributed by atoms with Crippen LogP contribution in [0.4, 0.5) is 0 Å². The van der Waals surface area contributed by atoms with Gasteiger partial charge in [0.05, 0.1) is 6.61 Å². The Morgan fingerprint density at radius 3 is 2.67 bits per heavy atom. The van der Waals surface area contributed by atoms with Gasteiger partial charge in [0.15, 0.2) is 5.79 Å². The first-order chi connectivity index (χ1) is 7.07. The van der Waals surface area contributed by atoms with E-state index < -0.39 is 5.79 Å². The first-order valence-electron chi connectivity index (χ1n) is 5.66. The maximum absolute atomic E-state index is 11.5. The lowest BCUT2D eigenvalue weighted by atomic mass is 9.85. The van der Waals surface area contributed by atoms with E-state index >= 15 is 0 Å². The van der Waals surface area contributed by atoms with Crippen LogP contribution in [0.3, 0.4) is 0 Å². The van der Waals surface area contributed by atoms with E-state index in [9.17, 15) is 4.79 Å². The zero-order valence-electron chi connectivity index (χ0n) is 9.41. The summed E-state index contributed by atoms with van der Waals surface area (Å²) >= 11 is 0. The molecule has 1 atom stereocenters. The molecule has 0 aromatic carbocycles. The van der Waals surface area contributed by atoms with E-state index in [1.807, 2.05) is 13.8 Å². The largest absolute Gasteiger partial charge is 0.353 e. The summed E-state index contributed by atoms with van der Waals surface area (Å²) in [6.07, 6.45) is 3.27. The Bertz CT molecular complexity index is 248. The molecule has 0 bridgehead atoms. The molecule has 1 heterocycles. The molecule has 86 valence electrons. The van der Waals surface area contributed by atoms with Gasteiger partial charge in [0, 0.05) is 12.5 Å². The van der Waals surface area contributed by atoms with Gasteiger partial charge in [-0.1, -0.05) is 6.42 Å². The van der Waals surface area contributed by atoms with Crippen molar-refractivity contribution in [2.24, 2.45) is 5.92 Å². The van der Waals surface area contributed by atoms with Crippen LogP contribution in [0.2, 0.25) is 0 Å². The predicted molar refractivity (Wildman–Crippen MR) is 55.3 cm³/mol. The van der Waals surface area contributed by atoms with Crippen LogP contribution in [0.15, 0.2) is 0 Å². The Kier molecular flexibility index (Phi) is 2.98. The molecule has 0 spiro atoms. The fourth-order valence-electron chi connectivity index (χ4n) is 1.89. The minimum Gasteiger partial charge on any atom is -0.353 e. The second-order valence-electron chi connectivity index (χ2n) is 4.82. The van der Waals surface area contributed by atoms with E-state index in [1.165, 1.54) is 6.42 Å². The van der Waals surface area contributed by atoms with Crippen molar-refractivity contribution >= 4 is 5.91 Å². The van der Waals surface area contributed by atoms with Gasteiger partial charge in [-0.3, -0.25) is 4.79 Å². The molecule has 1 unspecified atom stereocenters. The maximum Gasteiger partial charge on any atom is 0.223 e. The molecule has 1 amide bonds. The first kappa shape index (κ1) is 10.9. The molecule has 2 aliphatic rings. The number of carbonyl (C=O) groups excluding carboxylic acids is 1. The fraction of sp³-hybridized carbons (Fsp3) is 0.909. The van der Waals surface area contributed by atoms with Gasteiger partial charge >= 0.3 is 0 Å². The molecule has 4 nitrogen and oxygen atoms in total. The van der Waals surface area contributed by atoms with Crippen LogP contribution in [0.5, 0.6) is 0 Å². The molecular weight excluding hydrogens is 194 g/mol. The third kappa shape index (κ3) is 2.69. The maximum atomic E-state index is 11.5. The topological polar surface area (TPSA) is 47.6 Å². The van der Waals surface area contributed by atoms with E-state index in [-0.39, 0.29) is 17.9 Å². The molecular formula is C11H19NO3. The van der Waals surface area contributed by atoms with Gasteiger partial charge < -0.3 is 14.8 Å². The summed E-state index contributed by atoms with van der Waals surface area (Å²) in [5, 5.41) is 2.92. The Morgan fingerprint density at radius 1 is 1.47 bits per heavy atom. The second-order valence-corrected chi connectivity index (χ2v) is 4.82. The fourth-order valence-corrected chi connectivity index (χ4v) is 1.89. The molecule has 1 saturated carbocycles. The van der Waals surface area contributed by atoms with Crippen molar-refractivity contribution in [3.8, 4) is 0 Å². The average molecular weight is 213 g/mol. The summed E-state index contributed by atoms with van der Waals surface area (Å²) in [5.41, 5.74) is 0. The smallest absolute Gasteiger partial charge is 0.223 e. The number of rotatable bonds is 3. The first-order valence-corrected chi connectivity index (χ1v) is 5.66. The zero-order valence-corrected chi connectivity index (χ0v) is 9.41. The van der Waals surface area contributed by atoms with Crippen LogP contribution in [-0.2, 0) is 14.3 Å². The molecule has 15 heavy (non-hydrogen) atoms. The van der Waals surface area contributed by atoms with Crippen LogP contribution in [-0.4, -0.2) is 30.9 Å². The minimum atomic E-state index is -0.494. The highest BCUT2D eigenvalue weighted by molar-refractivity contribution is 5.79. The quantitative estimate of drug-likeness (QED) is 0.762. The third-order valence-electron chi connectivity index (χ3n) is 3.05. The zero-order chi connectivity index (χ0) is 10.9. The Balaban J connectivity index is 1.68. The molecule has 1 N–H and O–H groups in total. The van der Waals surface area contributed by atoms with Gasteiger partial charge in [0.2, 0.25) is 5.91 Å². The highest BCUT2D eigenvalue weighted by atomic mass is 16.7. The monoisotopic (exact) mass is 213 g/mol. The molecule has 0 radical (unpaired) electrons. The minimum absolute atomic E-state index is 0.00373. The van der Waals surface area contributed by atoms with Crippen LogP contribution >= 0.6 is 0 Å². The molecule has 0 aromatic heterocycles. The summed E-state index contributed by atoms with van der Waals surface area (Å²) in [5.74, 6) is -0.0684. The number of hydrogen-bond acceptors (Lipinski definition) is 3.